The SMILES string of the molecule is CCOC(=O)CC(c1ccc(Cl)c(CN2CC=C(O)OS2(=O)=O)c1)c1ccc2c(nnn2CCCCO)c1C. The zero-order valence-corrected chi connectivity index (χ0v) is 23.3. The zero-order valence-electron chi connectivity index (χ0n) is 21.7. The summed E-state index contributed by atoms with van der Waals surface area (Å²) in [6.45, 7) is 4.48. The summed E-state index contributed by atoms with van der Waals surface area (Å²) in [6.07, 6.45) is 2.73. The molecule has 1 aliphatic rings. The number of hydrogen-bond acceptors (Lipinski definition) is 9. The minimum absolute atomic E-state index is 0.0492. The molecule has 1 aromatic heterocycles. The van der Waals surface area contributed by atoms with Gasteiger partial charge in [0.25, 0.3) is 5.95 Å². The highest BCUT2D eigenvalue weighted by Crippen LogP contribution is 2.36. The lowest BCUT2D eigenvalue weighted by atomic mass is 9.85. The highest BCUT2D eigenvalue weighted by atomic mass is 35.5. The summed E-state index contributed by atoms with van der Waals surface area (Å²) in [7, 11) is -4.19. The van der Waals surface area contributed by atoms with Crippen LogP contribution in [-0.2, 0) is 37.1 Å². The third kappa shape index (κ3) is 6.52. The van der Waals surface area contributed by atoms with Crippen molar-refractivity contribution in [3.8, 4) is 0 Å². The molecule has 1 atom stereocenters. The molecule has 2 N–H and O–H groups in total. The molecule has 0 radical (unpaired) electrons. The smallest absolute Gasteiger partial charge is 0.388 e. The van der Waals surface area contributed by atoms with Crippen molar-refractivity contribution in [1.82, 2.24) is 19.3 Å². The number of nitrogens with zero attached hydrogens (tertiary/aromatic N) is 4. The third-order valence-corrected chi connectivity index (χ3v) is 8.27. The van der Waals surface area contributed by atoms with Gasteiger partial charge in [-0.15, -0.1) is 5.10 Å². The number of ether oxygens (including phenoxy) is 1. The summed E-state index contributed by atoms with van der Waals surface area (Å²) in [5.41, 5.74) is 4.54. The number of aromatic nitrogens is 3. The predicted molar refractivity (Wildman–Crippen MR) is 144 cm³/mol. The number of unbranched alkanes of at least 4 members (excludes halogenated alkanes) is 1. The van der Waals surface area contributed by atoms with E-state index in [1.165, 1.54) is 6.08 Å². The van der Waals surface area contributed by atoms with Crippen LogP contribution in [0, 0.1) is 6.92 Å². The molecule has 1 unspecified atom stereocenters. The average molecular weight is 579 g/mol. The number of fused-ring (bicyclic) bond motifs is 1. The maximum absolute atomic E-state index is 12.7. The van der Waals surface area contributed by atoms with E-state index in [-0.39, 0.29) is 38.7 Å². The number of carbonyl (C=O) groups excluding carboxylic acids is 1. The molecule has 0 bridgehead atoms. The summed E-state index contributed by atoms with van der Waals surface area (Å²) in [4.78, 5) is 12.7. The molecule has 0 aliphatic carbocycles. The van der Waals surface area contributed by atoms with Crippen LogP contribution in [-0.4, -0.2) is 63.7 Å². The van der Waals surface area contributed by atoms with Crippen LogP contribution in [0.25, 0.3) is 11.0 Å². The van der Waals surface area contributed by atoms with Crippen molar-refractivity contribution in [2.75, 3.05) is 19.8 Å². The molecule has 2 aromatic carbocycles. The fourth-order valence-electron chi connectivity index (χ4n) is 4.62. The molecule has 2 heterocycles. The molecular formula is C26H31ClN4O7S. The van der Waals surface area contributed by atoms with Gasteiger partial charge < -0.3 is 19.1 Å². The Morgan fingerprint density at radius 1 is 1.26 bits per heavy atom. The molecule has 1 aliphatic heterocycles. The summed E-state index contributed by atoms with van der Waals surface area (Å²) in [5.74, 6) is -1.47. The first-order valence-corrected chi connectivity index (χ1v) is 14.3. The van der Waals surface area contributed by atoms with E-state index < -0.39 is 22.2 Å². The van der Waals surface area contributed by atoms with Crippen LogP contribution < -0.4 is 0 Å². The van der Waals surface area contributed by atoms with Gasteiger partial charge in [0.2, 0.25) is 0 Å². The Labute approximate surface area is 231 Å². The van der Waals surface area contributed by atoms with E-state index in [1.54, 1.807) is 29.8 Å². The summed E-state index contributed by atoms with van der Waals surface area (Å²) in [5, 5.41) is 27.6. The number of aliphatic hydroxyl groups is 2. The van der Waals surface area contributed by atoms with Gasteiger partial charge in [-0.3, -0.25) is 4.79 Å². The second kappa shape index (κ2) is 12.3. The summed E-state index contributed by atoms with van der Waals surface area (Å²) < 4.78 is 37.5. The Balaban J connectivity index is 1.72. The number of esters is 1. The number of aryl methyl sites for hydroxylation is 2. The van der Waals surface area contributed by atoms with Gasteiger partial charge in [0.05, 0.1) is 18.5 Å². The maximum atomic E-state index is 12.7. The van der Waals surface area contributed by atoms with Gasteiger partial charge in [0.1, 0.15) is 5.52 Å². The van der Waals surface area contributed by atoms with Crippen LogP contribution in [0.3, 0.4) is 0 Å². The molecule has 0 saturated carbocycles. The van der Waals surface area contributed by atoms with E-state index in [1.807, 2.05) is 19.1 Å². The number of rotatable bonds is 11. The van der Waals surface area contributed by atoms with Crippen molar-refractivity contribution in [1.29, 1.82) is 0 Å². The minimum Gasteiger partial charge on any atom is -0.480 e. The Kier molecular flexibility index (Phi) is 9.11. The number of carbonyl (C=O) groups is 1. The van der Waals surface area contributed by atoms with Gasteiger partial charge in [-0.1, -0.05) is 35.0 Å². The number of hydrogen-bond donors (Lipinski definition) is 2. The predicted octanol–water partition coefficient (Wildman–Crippen LogP) is 3.73. The van der Waals surface area contributed by atoms with Crippen LogP contribution in [0.5, 0.6) is 0 Å². The molecule has 11 nitrogen and oxygen atoms in total. The van der Waals surface area contributed by atoms with Crippen LogP contribution in [0.4, 0.5) is 0 Å². The minimum atomic E-state index is -4.19. The standard InChI is InChI=1S/C26H31ClN4O7S/c1-3-37-25(34)15-21(20-7-9-23-26(17(20)2)28-29-31(23)11-4-5-13-32)18-6-8-22(27)19(14-18)16-30-12-10-24(33)38-39(30,35)36/h6-10,14,21,32-33H,3-5,11-13,15-16H2,1-2H3. The molecule has 0 fully saturated rings. The van der Waals surface area contributed by atoms with Crippen molar-refractivity contribution < 1.29 is 32.3 Å². The topological polar surface area (TPSA) is 144 Å². The van der Waals surface area contributed by atoms with Crippen LogP contribution >= 0.6 is 11.6 Å². The first-order valence-electron chi connectivity index (χ1n) is 12.6. The third-order valence-electron chi connectivity index (χ3n) is 6.61. The van der Waals surface area contributed by atoms with Gasteiger partial charge in [-0.25, -0.2) is 4.68 Å². The van der Waals surface area contributed by atoms with Gasteiger partial charge in [-0.05, 0) is 61.1 Å². The normalized spacial score (nSPS) is 16.1. The molecule has 3 aromatic rings. The second-order valence-corrected chi connectivity index (χ2v) is 11.1. The molecule has 4 rings (SSSR count). The van der Waals surface area contributed by atoms with Crippen molar-refractivity contribution >= 4 is 38.9 Å². The van der Waals surface area contributed by atoms with Crippen LogP contribution in [0.2, 0.25) is 5.02 Å². The molecule has 13 heteroatoms. The monoisotopic (exact) mass is 578 g/mol. The first-order chi connectivity index (χ1) is 18.6. The van der Waals surface area contributed by atoms with E-state index in [4.69, 9.17) is 21.4 Å². The van der Waals surface area contributed by atoms with Crippen molar-refractivity contribution in [3.63, 3.8) is 0 Å². The van der Waals surface area contributed by atoms with E-state index in [0.29, 0.717) is 29.1 Å². The van der Waals surface area contributed by atoms with Crippen molar-refractivity contribution in [3.05, 3.63) is 69.6 Å². The lowest BCUT2D eigenvalue weighted by Gasteiger charge is -2.25. The van der Waals surface area contributed by atoms with Crippen LogP contribution in [0.15, 0.2) is 42.4 Å². The Morgan fingerprint density at radius 3 is 2.77 bits per heavy atom. The fraction of sp³-hybridized carbons (Fsp3) is 0.423. The maximum Gasteiger partial charge on any atom is 0.388 e. The van der Waals surface area contributed by atoms with Crippen molar-refractivity contribution in [2.45, 2.75) is 52.1 Å². The Morgan fingerprint density at radius 2 is 2.05 bits per heavy atom. The van der Waals surface area contributed by atoms with Gasteiger partial charge in [0.15, 0.2) is 0 Å². The quantitative estimate of drug-likeness (QED) is 0.257. The van der Waals surface area contributed by atoms with Crippen LogP contribution in [0.1, 0.15) is 54.4 Å². The number of halogens is 1. The molecule has 39 heavy (non-hydrogen) atoms. The second-order valence-electron chi connectivity index (χ2n) is 9.18. The van der Waals surface area contributed by atoms with E-state index in [2.05, 4.69) is 14.5 Å². The van der Waals surface area contributed by atoms with E-state index in [9.17, 15) is 18.3 Å². The Hall–Kier alpha value is -3.19. The largest absolute Gasteiger partial charge is 0.480 e. The number of benzene rings is 2. The zero-order chi connectivity index (χ0) is 28.2. The lowest BCUT2D eigenvalue weighted by molar-refractivity contribution is -0.143. The van der Waals surface area contributed by atoms with Gasteiger partial charge in [-0.2, -0.15) is 12.7 Å². The molecule has 0 spiro atoms. The fourth-order valence-corrected chi connectivity index (χ4v) is 5.75. The molecule has 210 valence electrons. The lowest BCUT2D eigenvalue weighted by Crippen LogP contribution is -2.35. The molecule has 0 amide bonds. The highest BCUT2D eigenvalue weighted by Gasteiger charge is 2.30. The van der Waals surface area contributed by atoms with Gasteiger partial charge >= 0.3 is 16.3 Å². The summed E-state index contributed by atoms with van der Waals surface area (Å²) >= 11 is 6.45. The van der Waals surface area contributed by atoms with E-state index in [0.717, 1.165) is 32.9 Å². The van der Waals surface area contributed by atoms with E-state index >= 15 is 0 Å². The van der Waals surface area contributed by atoms with Crippen molar-refractivity contribution in [2.24, 2.45) is 0 Å². The average Bonchev–Trinajstić information content (AvgIpc) is 3.30. The highest BCUT2D eigenvalue weighted by molar-refractivity contribution is 7.84. The van der Waals surface area contributed by atoms with Gasteiger partial charge in [0, 0.05) is 43.3 Å². The Bertz CT molecular complexity index is 1490. The number of aliphatic hydroxyl groups excluding tert-OH is 2. The molecule has 0 saturated heterocycles. The first kappa shape index (κ1) is 28.8. The summed E-state index contributed by atoms with van der Waals surface area (Å²) in [6, 6.07) is 9.11. The molecular weight excluding hydrogens is 548 g/mol.